The third kappa shape index (κ3) is 3.97. The summed E-state index contributed by atoms with van der Waals surface area (Å²) < 4.78 is 10.8. The molecule has 3 rings (SSSR count). The monoisotopic (exact) mass is 353 g/mol. The average molecular weight is 354 g/mol. The van der Waals surface area contributed by atoms with Gasteiger partial charge in [0, 0.05) is 10.9 Å². The number of aromatic nitrogens is 2. The van der Waals surface area contributed by atoms with Gasteiger partial charge in [0.25, 0.3) is 5.22 Å². The normalized spacial score (nSPS) is 15.3. The fourth-order valence-corrected chi connectivity index (χ4v) is 2.84. The molecule has 1 aromatic heterocycles. The van der Waals surface area contributed by atoms with E-state index in [1.165, 1.54) is 18.9 Å². The Bertz CT molecular complexity index is 718. The van der Waals surface area contributed by atoms with Crippen molar-refractivity contribution >= 4 is 35.0 Å². The maximum atomic E-state index is 12.3. The van der Waals surface area contributed by atoms with Gasteiger partial charge >= 0.3 is 0 Å². The minimum Gasteiger partial charge on any atom is -0.495 e. The van der Waals surface area contributed by atoms with Crippen LogP contribution in [0.4, 0.5) is 5.69 Å². The van der Waals surface area contributed by atoms with E-state index in [0.29, 0.717) is 33.5 Å². The van der Waals surface area contributed by atoms with Crippen molar-refractivity contribution in [1.82, 2.24) is 10.2 Å². The van der Waals surface area contributed by atoms with E-state index in [0.717, 1.165) is 12.8 Å². The second kappa shape index (κ2) is 6.80. The molecule has 1 fully saturated rings. The van der Waals surface area contributed by atoms with Gasteiger partial charge in [0.15, 0.2) is 0 Å². The number of ether oxygens (including phenoxy) is 1. The molecule has 6 nitrogen and oxygen atoms in total. The van der Waals surface area contributed by atoms with E-state index in [-0.39, 0.29) is 5.91 Å². The molecule has 1 atom stereocenters. The van der Waals surface area contributed by atoms with Gasteiger partial charge < -0.3 is 14.5 Å². The van der Waals surface area contributed by atoms with E-state index >= 15 is 0 Å². The molecule has 1 aliphatic rings. The summed E-state index contributed by atoms with van der Waals surface area (Å²) in [6, 6.07) is 5.05. The molecule has 0 radical (unpaired) electrons. The van der Waals surface area contributed by atoms with Crippen molar-refractivity contribution in [3.63, 3.8) is 0 Å². The minimum atomic E-state index is -0.397. The summed E-state index contributed by atoms with van der Waals surface area (Å²) in [4.78, 5) is 12.3. The van der Waals surface area contributed by atoms with Crippen molar-refractivity contribution in [2.45, 2.75) is 36.2 Å². The first-order valence-corrected chi connectivity index (χ1v) is 8.47. The highest BCUT2D eigenvalue weighted by Crippen LogP contribution is 2.40. The lowest BCUT2D eigenvalue weighted by Crippen LogP contribution is -2.22. The van der Waals surface area contributed by atoms with Gasteiger partial charge in [0.1, 0.15) is 5.75 Å². The van der Waals surface area contributed by atoms with E-state index in [4.69, 9.17) is 20.8 Å². The number of anilines is 1. The van der Waals surface area contributed by atoms with Crippen LogP contribution in [0.3, 0.4) is 0 Å². The third-order valence-corrected chi connectivity index (χ3v) is 4.58. The Morgan fingerprint density at radius 3 is 2.96 bits per heavy atom. The number of benzene rings is 1. The number of nitrogens with one attached hydrogen (secondary N) is 1. The number of amides is 1. The lowest BCUT2D eigenvalue weighted by Gasteiger charge is -2.13. The van der Waals surface area contributed by atoms with Crippen LogP contribution in [0.1, 0.15) is 31.6 Å². The van der Waals surface area contributed by atoms with E-state index in [9.17, 15) is 4.79 Å². The molecule has 122 valence electrons. The summed E-state index contributed by atoms with van der Waals surface area (Å²) >= 11 is 7.19. The van der Waals surface area contributed by atoms with Crippen LogP contribution in [0.15, 0.2) is 27.8 Å². The summed E-state index contributed by atoms with van der Waals surface area (Å²) in [6.45, 7) is 1.78. The quantitative estimate of drug-likeness (QED) is 0.797. The van der Waals surface area contributed by atoms with Gasteiger partial charge in [0.05, 0.1) is 18.0 Å². The van der Waals surface area contributed by atoms with Crippen LogP contribution in [0, 0.1) is 0 Å². The fraction of sp³-hybridized carbons (Fsp3) is 0.400. The molecule has 1 aromatic carbocycles. The van der Waals surface area contributed by atoms with Crippen molar-refractivity contribution < 1.29 is 13.9 Å². The van der Waals surface area contributed by atoms with Crippen LogP contribution in [0.2, 0.25) is 5.02 Å². The molecule has 1 heterocycles. The number of hydrogen-bond donors (Lipinski definition) is 1. The fourth-order valence-electron chi connectivity index (χ4n) is 1.98. The van der Waals surface area contributed by atoms with Gasteiger partial charge in [-0.1, -0.05) is 23.4 Å². The first-order chi connectivity index (χ1) is 11.1. The summed E-state index contributed by atoms with van der Waals surface area (Å²) in [6.07, 6.45) is 2.19. The molecule has 2 aromatic rings. The number of nitrogens with zero attached hydrogens (tertiary/aromatic N) is 2. The molecule has 0 spiro atoms. The highest BCUT2D eigenvalue weighted by molar-refractivity contribution is 8.00. The van der Waals surface area contributed by atoms with E-state index in [1.54, 1.807) is 25.1 Å². The minimum absolute atomic E-state index is 0.193. The molecule has 0 aliphatic heterocycles. The van der Waals surface area contributed by atoms with Gasteiger partial charge in [-0.15, -0.1) is 10.2 Å². The molecule has 1 N–H and O–H groups in total. The SMILES string of the molecule is COc1ccc(Cl)cc1NC(=O)[C@@H](C)Sc1nnc(C2CC2)o1. The molecule has 0 bridgehead atoms. The summed E-state index contributed by atoms with van der Waals surface area (Å²) in [7, 11) is 1.54. The number of carbonyl (C=O) groups excluding carboxylic acids is 1. The number of carbonyl (C=O) groups is 1. The highest BCUT2D eigenvalue weighted by Gasteiger charge is 2.30. The Morgan fingerprint density at radius 2 is 2.26 bits per heavy atom. The van der Waals surface area contributed by atoms with Crippen LogP contribution < -0.4 is 10.1 Å². The van der Waals surface area contributed by atoms with Crippen LogP contribution >= 0.6 is 23.4 Å². The summed E-state index contributed by atoms with van der Waals surface area (Å²) in [5, 5.41) is 11.3. The zero-order valence-electron chi connectivity index (χ0n) is 12.7. The largest absolute Gasteiger partial charge is 0.495 e. The first kappa shape index (κ1) is 16.1. The Hall–Kier alpha value is -1.73. The highest BCUT2D eigenvalue weighted by atomic mass is 35.5. The predicted molar refractivity (Wildman–Crippen MR) is 88.2 cm³/mol. The molecule has 1 saturated carbocycles. The number of hydrogen-bond acceptors (Lipinski definition) is 6. The zero-order valence-corrected chi connectivity index (χ0v) is 14.3. The molecule has 23 heavy (non-hydrogen) atoms. The Labute approximate surface area is 142 Å². The Balaban J connectivity index is 1.63. The smallest absolute Gasteiger partial charge is 0.277 e. The van der Waals surface area contributed by atoms with Gasteiger partial charge in [-0.25, -0.2) is 0 Å². The van der Waals surface area contributed by atoms with E-state index < -0.39 is 5.25 Å². The van der Waals surface area contributed by atoms with Crippen molar-refractivity contribution in [1.29, 1.82) is 0 Å². The van der Waals surface area contributed by atoms with Crippen molar-refractivity contribution in [2.75, 3.05) is 12.4 Å². The van der Waals surface area contributed by atoms with Crippen molar-refractivity contribution in [3.8, 4) is 5.75 Å². The predicted octanol–water partition coefficient (Wildman–Crippen LogP) is 3.73. The first-order valence-electron chi connectivity index (χ1n) is 7.21. The number of halogens is 1. The maximum absolute atomic E-state index is 12.3. The van der Waals surface area contributed by atoms with Crippen LogP contribution in [-0.4, -0.2) is 28.5 Å². The molecule has 1 aliphatic carbocycles. The Kier molecular flexibility index (Phi) is 4.77. The van der Waals surface area contributed by atoms with Crippen LogP contribution in [0.25, 0.3) is 0 Å². The van der Waals surface area contributed by atoms with Gasteiger partial charge in [0.2, 0.25) is 11.8 Å². The van der Waals surface area contributed by atoms with Crippen molar-refractivity contribution in [3.05, 3.63) is 29.1 Å². The number of thioether (sulfide) groups is 1. The van der Waals surface area contributed by atoms with E-state index in [2.05, 4.69) is 15.5 Å². The lowest BCUT2D eigenvalue weighted by molar-refractivity contribution is -0.115. The topological polar surface area (TPSA) is 77.2 Å². The third-order valence-electron chi connectivity index (χ3n) is 3.41. The van der Waals surface area contributed by atoms with Crippen LogP contribution in [-0.2, 0) is 4.79 Å². The van der Waals surface area contributed by atoms with Gasteiger partial charge in [-0.05, 0) is 38.0 Å². The molecular weight excluding hydrogens is 338 g/mol. The molecule has 8 heteroatoms. The van der Waals surface area contributed by atoms with E-state index in [1.807, 2.05) is 0 Å². The second-order valence-electron chi connectivity index (χ2n) is 5.27. The van der Waals surface area contributed by atoms with Crippen LogP contribution in [0.5, 0.6) is 5.75 Å². The molecule has 1 amide bonds. The second-order valence-corrected chi connectivity index (χ2v) is 7.00. The molecule has 0 saturated heterocycles. The Morgan fingerprint density at radius 1 is 1.48 bits per heavy atom. The van der Waals surface area contributed by atoms with Gasteiger partial charge in [-0.2, -0.15) is 0 Å². The average Bonchev–Trinajstić information content (AvgIpc) is 3.28. The number of rotatable bonds is 6. The van der Waals surface area contributed by atoms with Crippen molar-refractivity contribution in [2.24, 2.45) is 0 Å². The maximum Gasteiger partial charge on any atom is 0.277 e. The van der Waals surface area contributed by atoms with Gasteiger partial charge in [-0.3, -0.25) is 4.79 Å². The molecule has 0 unspecified atom stereocenters. The zero-order chi connectivity index (χ0) is 16.4. The summed E-state index contributed by atoms with van der Waals surface area (Å²) in [5.74, 6) is 1.42. The lowest BCUT2D eigenvalue weighted by atomic mass is 10.3. The molecular formula is C15H16ClN3O3S. The number of methoxy groups -OCH3 is 1. The standard InChI is InChI=1S/C15H16ClN3O3S/c1-8(23-15-19-18-14(22-15)9-3-4-9)13(20)17-11-7-10(16)5-6-12(11)21-2/h5-9H,3-4H2,1-2H3,(H,17,20)/t8-/m1/s1. The summed E-state index contributed by atoms with van der Waals surface area (Å²) in [5.41, 5.74) is 0.529.